The van der Waals surface area contributed by atoms with Gasteiger partial charge in [0.1, 0.15) is 4.99 Å². The number of rotatable bonds is 3. The van der Waals surface area contributed by atoms with Crippen molar-refractivity contribution in [1.82, 2.24) is 4.98 Å². The Morgan fingerprint density at radius 2 is 2.06 bits per heavy atom. The van der Waals surface area contributed by atoms with E-state index < -0.39 is 0 Å². The van der Waals surface area contributed by atoms with Gasteiger partial charge in [0.25, 0.3) is 0 Å². The van der Waals surface area contributed by atoms with E-state index in [0.717, 1.165) is 17.2 Å². The highest BCUT2D eigenvalue weighted by Gasteiger charge is 2.23. The van der Waals surface area contributed by atoms with Crippen molar-refractivity contribution >= 4 is 22.9 Å². The van der Waals surface area contributed by atoms with Crippen molar-refractivity contribution < 1.29 is 0 Å². The molecule has 1 aliphatic rings. The number of nitrogens with two attached hydrogens (primary N) is 1. The van der Waals surface area contributed by atoms with Gasteiger partial charge >= 0.3 is 0 Å². The molecule has 98 valence electrons. The minimum absolute atomic E-state index is 0.448. The molecule has 4 heteroatoms. The first kappa shape index (κ1) is 13.3. The molecule has 1 heterocycles. The molecule has 0 unspecified atom stereocenters. The number of anilines is 1. The van der Waals surface area contributed by atoms with E-state index in [-0.39, 0.29) is 0 Å². The first-order valence-corrected chi connectivity index (χ1v) is 6.97. The van der Waals surface area contributed by atoms with E-state index in [1.807, 2.05) is 12.3 Å². The molecule has 1 fully saturated rings. The van der Waals surface area contributed by atoms with Gasteiger partial charge in [-0.25, -0.2) is 0 Å². The molecule has 1 aromatic rings. The summed E-state index contributed by atoms with van der Waals surface area (Å²) in [4.78, 5) is 6.95. The molecule has 0 amide bonds. The largest absolute Gasteiger partial charge is 0.389 e. The van der Waals surface area contributed by atoms with Gasteiger partial charge in [-0.3, -0.25) is 4.98 Å². The van der Waals surface area contributed by atoms with Gasteiger partial charge in [0, 0.05) is 24.8 Å². The van der Waals surface area contributed by atoms with Crippen molar-refractivity contribution in [1.29, 1.82) is 0 Å². The Kier molecular flexibility index (Phi) is 4.17. The van der Waals surface area contributed by atoms with Crippen LogP contribution in [0.25, 0.3) is 0 Å². The summed E-state index contributed by atoms with van der Waals surface area (Å²) < 4.78 is 0. The minimum Gasteiger partial charge on any atom is -0.389 e. The molecular formula is C14H21N3S. The van der Waals surface area contributed by atoms with Gasteiger partial charge in [-0.05, 0) is 37.7 Å². The Hall–Kier alpha value is -1.16. The van der Waals surface area contributed by atoms with Crippen LogP contribution < -0.4 is 10.6 Å². The van der Waals surface area contributed by atoms with E-state index in [0.29, 0.717) is 11.0 Å². The number of thiocarbonyl (C=S) groups is 1. The fourth-order valence-corrected chi connectivity index (χ4v) is 2.87. The van der Waals surface area contributed by atoms with E-state index in [9.17, 15) is 0 Å². The van der Waals surface area contributed by atoms with E-state index in [4.69, 9.17) is 18.0 Å². The predicted molar refractivity (Wildman–Crippen MR) is 79.9 cm³/mol. The molecule has 1 aromatic heterocycles. The van der Waals surface area contributed by atoms with E-state index in [2.05, 4.69) is 23.9 Å². The number of hydrogen-bond donors (Lipinski definition) is 1. The van der Waals surface area contributed by atoms with Gasteiger partial charge in [-0.15, -0.1) is 0 Å². The number of aromatic nitrogens is 1. The fraction of sp³-hybridized carbons (Fsp3) is 0.571. The summed E-state index contributed by atoms with van der Waals surface area (Å²) in [7, 11) is 2.12. The summed E-state index contributed by atoms with van der Waals surface area (Å²) in [6.45, 7) is 2.33. The summed E-state index contributed by atoms with van der Waals surface area (Å²) in [6, 6.07) is 2.48. The van der Waals surface area contributed by atoms with Gasteiger partial charge in [0.15, 0.2) is 0 Å². The van der Waals surface area contributed by atoms with Crippen LogP contribution in [0.15, 0.2) is 18.5 Å². The van der Waals surface area contributed by atoms with Crippen LogP contribution in [0.1, 0.15) is 38.2 Å². The summed E-state index contributed by atoms with van der Waals surface area (Å²) >= 11 is 5.11. The summed E-state index contributed by atoms with van der Waals surface area (Å²) in [5.74, 6) is 0.860. The lowest BCUT2D eigenvalue weighted by molar-refractivity contribution is 0.340. The molecule has 2 rings (SSSR count). The topological polar surface area (TPSA) is 42.2 Å². The Morgan fingerprint density at radius 3 is 2.67 bits per heavy atom. The maximum atomic E-state index is 5.78. The predicted octanol–water partition coefficient (Wildman–Crippen LogP) is 2.73. The molecule has 0 atom stereocenters. The summed E-state index contributed by atoms with van der Waals surface area (Å²) in [5, 5.41) is 0. The van der Waals surface area contributed by atoms with Crippen molar-refractivity contribution in [3.8, 4) is 0 Å². The van der Waals surface area contributed by atoms with Crippen LogP contribution in [0.2, 0.25) is 0 Å². The lowest BCUT2D eigenvalue weighted by Gasteiger charge is -2.35. The first-order chi connectivity index (χ1) is 8.59. The Balaban J connectivity index is 2.18. The molecule has 0 aliphatic heterocycles. The summed E-state index contributed by atoms with van der Waals surface area (Å²) in [6.07, 6.45) is 8.70. The molecule has 3 nitrogen and oxygen atoms in total. The number of hydrogen-bond acceptors (Lipinski definition) is 3. The van der Waals surface area contributed by atoms with Crippen molar-refractivity contribution in [2.75, 3.05) is 11.9 Å². The van der Waals surface area contributed by atoms with Gasteiger partial charge in [0.2, 0.25) is 0 Å². The molecule has 18 heavy (non-hydrogen) atoms. The second-order valence-electron chi connectivity index (χ2n) is 5.28. The standard InChI is InChI=1S/C14H21N3S/c1-10-3-5-11(6-4-10)17(2)13-9-16-8-7-12(13)14(15)18/h7-11H,3-6H2,1-2H3,(H2,15,18). The zero-order chi connectivity index (χ0) is 13.1. The van der Waals surface area contributed by atoms with Crippen molar-refractivity contribution in [2.24, 2.45) is 11.7 Å². The van der Waals surface area contributed by atoms with E-state index in [1.54, 1.807) is 6.20 Å². The molecule has 2 N–H and O–H groups in total. The maximum Gasteiger partial charge on any atom is 0.106 e. The first-order valence-electron chi connectivity index (χ1n) is 6.56. The monoisotopic (exact) mass is 263 g/mol. The Labute approximate surface area is 114 Å². The zero-order valence-electron chi connectivity index (χ0n) is 11.1. The second kappa shape index (κ2) is 5.65. The third-order valence-electron chi connectivity index (χ3n) is 3.98. The van der Waals surface area contributed by atoms with Crippen molar-refractivity contribution in [3.63, 3.8) is 0 Å². The van der Waals surface area contributed by atoms with Gasteiger partial charge in [0.05, 0.1) is 11.9 Å². The molecule has 0 saturated heterocycles. The molecule has 1 saturated carbocycles. The van der Waals surface area contributed by atoms with Crippen molar-refractivity contribution in [3.05, 3.63) is 24.0 Å². The minimum atomic E-state index is 0.448. The average molecular weight is 263 g/mol. The van der Waals surface area contributed by atoms with Crippen LogP contribution in [-0.4, -0.2) is 23.1 Å². The lowest BCUT2D eigenvalue weighted by atomic mass is 9.86. The van der Waals surface area contributed by atoms with Gasteiger partial charge in [-0.1, -0.05) is 19.1 Å². The number of pyridine rings is 1. The van der Waals surface area contributed by atoms with Crippen LogP contribution in [0.3, 0.4) is 0 Å². The van der Waals surface area contributed by atoms with Gasteiger partial charge in [-0.2, -0.15) is 0 Å². The lowest BCUT2D eigenvalue weighted by Crippen LogP contribution is -2.36. The molecule has 0 radical (unpaired) electrons. The van der Waals surface area contributed by atoms with Gasteiger partial charge < -0.3 is 10.6 Å². The highest BCUT2D eigenvalue weighted by Crippen LogP contribution is 2.30. The van der Waals surface area contributed by atoms with Crippen LogP contribution in [0.4, 0.5) is 5.69 Å². The van der Waals surface area contributed by atoms with Crippen LogP contribution >= 0.6 is 12.2 Å². The SMILES string of the molecule is CC1CCC(N(C)c2cnccc2C(N)=S)CC1. The average Bonchev–Trinajstić information content (AvgIpc) is 2.39. The smallest absolute Gasteiger partial charge is 0.106 e. The Bertz CT molecular complexity index is 425. The third-order valence-corrected chi connectivity index (χ3v) is 4.20. The maximum absolute atomic E-state index is 5.78. The molecular weight excluding hydrogens is 242 g/mol. The highest BCUT2D eigenvalue weighted by molar-refractivity contribution is 7.80. The quantitative estimate of drug-likeness (QED) is 0.852. The molecule has 1 aliphatic carbocycles. The third kappa shape index (κ3) is 2.80. The fourth-order valence-electron chi connectivity index (χ4n) is 2.70. The van der Waals surface area contributed by atoms with E-state index >= 15 is 0 Å². The molecule has 0 bridgehead atoms. The van der Waals surface area contributed by atoms with Crippen LogP contribution in [0.5, 0.6) is 0 Å². The zero-order valence-corrected chi connectivity index (χ0v) is 11.9. The van der Waals surface area contributed by atoms with Crippen LogP contribution in [-0.2, 0) is 0 Å². The second-order valence-corrected chi connectivity index (χ2v) is 5.72. The summed E-state index contributed by atoms with van der Waals surface area (Å²) in [5.41, 5.74) is 7.77. The molecule has 0 aromatic carbocycles. The Morgan fingerprint density at radius 1 is 1.39 bits per heavy atom. The highest BCUT2D eigenvalue weighted by atomic mass is 32.1. The van der Waals surface area contributed by atoms with E-state index in [1.165, 1.54) is 25.7 Å². The number of nitrogens with zero attached hydrogens (tertiary/aromatic N) is 2. The van der Waals surface area contributed by atoms with Crippen LogP contribution in [0, 0.1) is 5.92 Å². The molecule has 0 spiro atoms. The van der Waals surface area contributed by atoms with Crippen molar-refractivity contribution in [2.45, 2.75) is 38.6 Å². The normalized spacial score (nSPS) is 23.7.